The second-order valence-electron chi connectivity index (χ2n) is 3.91. The summed E-state index contributed by atoms with van der Waals surface area (Å²) in [5.41, 5.74) is 6.39. The number of halogens is 2. The first-order valence-corrected chi connectivity index (χ1v) is 6.25. The first-order valence-electron chi connectivity index (χ1n) is 5.46. The van der Waals surface area contributed by atoms with Crippen LogP contribution in [0.4, 0.5) is 10.1 Å². The number of carbonyl (C=O) groups excluding carboxylic acids is 1. The molecule has 3 nitrogen and oxygen atoms in total. The summed E-state index contributed by atoms with van der Waals surface area (Å²) in [5.74, 6) is -0.696. The molecule has 19 heavy (non-hydrogen) atoms. The van der Waals surface area contributed by atoms with E-state index in [0.29, 0.717) is 21.5 Å². The molecule has 2 rings (SSSR count). The van der Waals surface area contributed by atoms with Gasteiger partial charge in [-0.2, -0.15) is 0 Å². The third-order valence-electron chi connectivity index (χ3n) is 2.66. The lowest BCUT2D eigenvalue weighted by molar-refractivity contribution is 0.103. The third-order valence-corrected chi connectivity index (χ3v) is 3.35. The highest BCUT2D eigenvalue weighted by Gasteiger charge is 2.17. The van der Waals surface area contributed by atoms with Crippen molar-refractivity contribution in [2.24, 2.45) is 0 Å². The number of hydrogen-bond acceptors (Lipinski definition) is 3. The van der Waals surface area contributed by atoms with Crippen LogP contribution in [0.1, 0.15) is 15.9 Å². The lowest BCUT2D eigenvalue weighted by Gasteiger charge is -2.07. The molecule has 0 aliphatic carbocycles. The molecule has 0 amide bonds. The van der Waals surface area contributed by atoms with Crippen LogP contribution in [0.5, 0.6) is 5.75 Å². The predicted octanol–water partition coefficient (Wildman–Crippen LogP) is 3.41. The number of carbonyl (C=O) groups is 1. The highest BCUT2D eigenvalue weighted by molar-refractivity contribution is 9.10. The van der Waals surface area contributed by atoms with Crippen LogP contribution < -0.4 is 10.5 Å². The van der Waals surface area contributed by atoms with E-state index in [1.807, 2.05) is 0 Å². The first-order chi connectivity index (χ1) is 9.02. The molecule has 0 spiro atoms. The Labute approximate surface area is 118 Å². The molecule has 0 aliphatic rings. The van der Waals surface area contributed by atoms with E-state index in [9.17, 15) is 9.18 Å². The molecule has 0 atom stereocenters. The zero-order valence-electron chi connectivity index (χ0n) is 10.1. The second-order valence-corrected chi connectivity index (χ2v) is 4.77. The monoisotopic (exact) mass is 323 g/mol. The number of hydrogen-bond donors (Lipinski definition) is 1. The van der Waals surface area contributed by atoms with Crippen LogP contribution in [0.2, 0.25) is 0 Å². The van der Waals surface area contributed by atoms with E-state index < -0.39 is 11.6 Å². The number of nitrogen functional groups attached to an aromatic ring is 1. The van der Waals surface area contributed by atoms with Crippen LogP contribution >= 0.6 is 15.9 Å². The van der Waals surface area contributed by atoms with E-state index in [2.05, 4.69) is 15.9 Å². The van der Waals surface area contributed by atoms with E-state index >= 15 is 0 Å². The Morgan fingerprint density at radius 3 is 2.58 bits per heavy atom. The molecule has 5 heteroatoms. The average molecular weight is 324 g/mol. The molecule has 0 aromatic heterocycles. The van der Waals surface area contributed by atoms with Gasteiger partial charge in [-0.05, 0) is 30.3 Å². The van der Waals surface area contributed by atoms with Crippen molar-refractivity contribution in [3.8, 4) is 5.75 Å². The van der Waals surface area contributed by atoms with Gasteiger partial charge in [0.05, 0.1) is 12.7 Å². The van der Waals surface area contributed by atoms with Crippen molar-refractivity contribution in [3.05, 3.63) is 57.8 Å². The van der Waals surface area contributed by atoms with Gasteiger partial charge in [0.15, 0.2) is 5.78 Å². The van der Waals surface area contributed by atoms with Gasteiger partial charge in [0, 0.05) is 21.8 Å². The summed E-state index contributed by atoms with van der Waals surface area (Å²) in [6, 6.07) is 8.93. The fourth-order valence-electron chi connectivity index (χ4n) is 1.67. The van der Waals surface area contributed by atoms with Crippen LogP contribution in [0.15, 0.2) is 40.9 Å². The normalized spacial score (nSPS) is 10.3. The number of methoxy groups -OCH3 is 1. The summed E-state index contributed by atoms with van der Waals surface area (Å²) in [6.07, 6.45) is 0. The number of rotatable bonds is 3. The van der Waals surface area contributed by atoms with Gasteiger partial charge in [-0.15, -0.1) is 0 Å². The molecule has 0 aliphatic heterocycles. The molecule has 0 bridgehead atoms. The molecule has 2 N–H and O–H groups in total. The van der Waals surface area contributed by atoms with E-state index in [1.54, 1.807) is 12.1 Å². The standard InChI is InChI=1S/C14H11BrFNO2/c1-19-9-3-4-10(13(16)7-9)14(18)11-6-8(17)2-5-12(11)15/h2-7H,17H2,1H3. The van der Waals surface area contributed by atoms with Crippen LogP contribution in [-0.2, 0) is 0 Å². The summed E-state index contributed by atoms with van der Waals surface area (Å²) < 4.78 is 19.3. The van der Waals surface area contributed by atoms with Gasteiger partial charge in [-0.25, -0.2) is 4.39 Å². The van der Waals surface area contributed by atoms with Gasteiger partial charge in [0.1, 0.15) is 11.6 Å². The predicted molar refractivity (Wildman–Crippen MR) is 74.9 cm³/mol. The highest BCUT2D eigenvalue weighted by atomic mass is 79.9. The molecule has 0 heterocycles. The molecule has 0 unspecified atom stereocenters. The molecular formula is C14H11BrFNO2. The topological polar surface area (TPSA) is 52.3 Å². The van der Waals surface area contributed by atoms with Crippen LogP contribution in [0.25, 0.3) is 0 Å². The molecule has 2 aromatic carbocycles. The smallest absolute Gasteiger partial charge is 0.197 e. The van der Waals surface area contributed by atoms with Gasteiger partial charge in [-0.3, -0.25) is 4.79 Å². The van der Waals surface area contributed by atoms with Gasteiger partial charge in [0.25, 0.3) is 0 Å². The number of anilines is 1. The number of ketones is 1. The Morgan fingerprint density at radius 1 is 1.21 bits per heavy atom. The lowest BCUT2D eigenvalue weighted by Crippen LogP contribution is -2.06. The highest BCUT2D eigenvalue weighted by Crippen LogP contribution is 2.25. The molecule has 0 saturated heterocycles. The van der Waals surface area contributed by atoms with Gasteiger partial charge >= 0.3 is 0 Å². The maximum absolute atomic E-state index is 13.9. The Hall–Kier alpha value is -1.88. The summed E-state index contributed by atoms with van der Waals surface area (Å²) >= 11 is 3.26. The molecule has 0 radical (unpaired) electrons. The minimum atomic E-state index is -0.626. The summed E-state index contributed by atoms with van der Waals surface area (Å²) in [7, 11) is 1.44. The number of nitrogens with two attached hydrogens (primary N) is 1. The SMILES string of the molecule is COc1ccc(C(=O)c2cc(N)ccc2Br)c(F)c1. The first kappa shape index (κ1) is 13.5. The van der Waals surface area contributed by atoms with Gasteiger partial charge in [-0.1, -0.05) is 15.9 Å². The Bertz CT molecular complexity index is 643. The zero-order chi connectivity index (χ0) is 14.0. The van der Waals surface area contributed by atoms with E-state index in [1.165, 1.54) is 31.4 Å². The Morgan fingerprint density at radius 2 is 1.95 bits per heavy atom. The van der Waals surface area contributed by atoms with Crippen molar-refractivity contribution in [2.75, 3.05) is 12.8 Å². The Kier molecular flexibility index (Phi) is 3.85. The van der Waals surface area contributed by atoms with Crippen molar-refractivity contribution in [3.63, 3.8) is 0 Å². The van der Waals surface area contributed by atoms with Crippen molar-refractivity contribution in [1.82, 2.24) is 0 Å². The third kappa shape index (κ3) is 2.76. The van der Waals surface area contributed by atoms with E-state index in [0.717, 1.165) is 0 Å². The van der Waals surface area contributed by atoms with Crippen LogP contribution in [0.3, 0.4) is 0 Å². The van der Waals surface area contributed by atoms with Crippen molar-refractivity contribution >= 4 is 27.4 Å². The zero-order valence-corrected chi connectivity index (χ0v) is 11.7. The van der Waals surface area contributed by atoms with Crippen molar-refractivity contribution in [2.45, 2.75) is 0 Å². The second kappa shape index (κ2) is 5.40. The van der Waals surface area contributed by atoms with Gasteiger partial charge in [0.2, 0.25) is 0 Å². The van der Waals surface area contributed by atoms with Crippen molar-refractivity contribution < 1.29 is 13.9 Å². The number of benzene rings is 2. The van der Waals surface area contributed by atoms with Crippen LogP contribution in [-0.4, -0.2) is 12.9 Å². The molecule has 0 saturated carbocycles. The summed E-state index contributed by atoms with van der Waals surface area (Å²) in [6.45, 7) is 0. The van der Waals surface area contributed by atoms with E-state index in [-0.39, 0.29) is 5.56 Å². The quantitative estimate of drug-likeness (QED) is 0.695. The molecule has 0 fully saturated rings. The Balaban J connectivity index is 2.47. The lowest BCUT2D eigenvalue weighted by atomic mass is 10.0. The minimum absolute atomic E-state index is 0.0212. The van der Waals surface area contributed by atoms with E-state index in [4.69, 9.17) is 10.5 Å². The largest absolute Gasteiger partial charge is 0.497 e. The minimum Gasteiger partial charge on any atom is -0.497 e. The number of ether oxygens (including phenoxy) is 1. The van der Waals surface area contributed by atoms with Gasteiger partial charge < -0.3 is 10.5 Å². The fourth-order valence-corrected chi connectivity index (χ4v) is 2.10. The summed E-state index contributed by atoms with van der Waals surface area (Å²) in [4.78, 5) is 12.3. The fraction of sp³-hybridized carbons (Fsp3) is 0.0714. The molecule has 2 aromatic rings. The average Bonchev–Trinajstić information content (AvgIpc) is 2.40. The maximum atomic E-state index is 13.9. The van der Waals surface area contributed by atoms with Crippen LogP contribution in [0, 0.1) is 5.82 Å². The van der Waals surface area contributed by atoms with Crippen molar-refractivity contribution in [1.29, 1.82) is 0 Å². The summed E-state index contributed by atoms with van der Waals surface area (Å²) in [5, 5.41) is 0. The molecular weight excluding hydrogens is 313 g/mol. The molecule has 98 valence electrons. The maximum Gasteiger partial charge on any atom is 0.197 e.